The van der Waals surface area contributed by atoms with Crippen LogP contribution in [-0.4, -0.2) is 35.6 Å². The fourth-order valence-corrected chi connectivity index (χ4v) is 1.57. The van der Waals surface area contributed by atoms with Gasteiger partial charge in [-0.25, -0.2) is 9.97 Å². The zero-order valence-corrected chi connectivity index (χ0v) is 10.3. The first-order valence-corrected chi connectivity index (χ1v) is 5.49. The summed E-state index contributed by atoms with van der Waals surface area (Å²) in [6.45, 7) is 0.294. The first-order chi connectivity index (χ1) is 8.72. The van der Waals surface area contributed by atoms with Gasteiger partial charge in [-0.05, 0) is 12.1 Å². The Balaban J connectivity index is 2.25. The number of H-pyrrole nitrogens is 1. The zero-order valence-electron chi connectivity index (χ0n) is 10.3. The summed E-state index contributed by atoms with van der Waals surface area (Å²) >= 11 is 0. The Labute approximate surface area is 106 Å². The topological polar surface area (TPSA) is 71.8 Å². The molecule has 0 bridgehead atoms. The average Bonchev–Trinajstić information content (AvgIpc) is 2.92. The second-order valence-electron chi connectivity index (χ2n) is 3.86. The predicted octanol–water partition coefficient (Wildman–Crippen LogP) is 1.53. The van der Waals surface area contributed by atoms with Crippen LogP contribution in [0.2, 0.25) is 0 Å². The monoisotopic (exact) mass is 242 g/mol. The minimum Gasteiger partial charge on any atom is -0.348 e. The van der Waals surface area contributed by atoms with Crippen LogP contribution >= 0.6 is 0 Å². The van der Waals surface area contributed by atoms with E-state index < -0.39 is 0 Å². The van der Waals surface area contributed by atoms with Crippen molar-refractivity contribution < 1.29 is 0 Å². The van der Waals surface area contributed by atoms with Gasteiger partial charge in [-0.2, -0.15) is 5.26 Å². The number of anilines is 3. The highest BCUT2D eigenvalue weighted by molar-refractivity contribution is 5.58. The van der Waals surface area contributed by atoms with Crippen LogP contribution in [-0.2, 0) is 0 Å². The molecule has 0 aliphatic rings. The molecule has 0 radical (unpaired) electrons. The van der Waals surface area contributed by atoms with Crippen molar-refractivity contribution in [2.24, 2.45) is 0 Å². The lowest BCUT2D eigenvalue weighted by atomic mass is 10.4. The van der Waals surface area contributed by atoms with Gasteiger partial charge in [-0.3, -0.25) is 0 Å². The summed E-state index contributed by atoms with van der Waals surface area (Å²) in [5.41, 5.74) is 0. The molecule has 0 unspecified atom stereocenters. The molecule has 0 saturated heterocycles. The van der Waals surface area contributed by atoms with E-state index in [1.165, 1.54) is 6.33 Å². The third-order valence-electron chi connectivity index (χ3n) is 2.62. The van der Waals surface area contributed by atoms with Crippen LogP contribution in [0.1, 0.15) is 0 Å². The highest BCUT2D eigenvalue weighted by Gasteiger charge is 2.09. The molecule has 6 heteroatoms. The van der Waals surface area contributed by atoms with E-state index in [2.05, 4.69) is 21.0 Å². The molecule has 2 rings (SSSR count). The van der Waals surface area contributed by atoms with Gasteiger partial charge in [0, 0.05) is 26.4 Å². The summed E-state index contributed by atoms with van der Waals surface area (Å²) in [7, 11) is 3.74. The van der Waals surface area contributed by atoms with E-state index >= 15 is 0 Å². The summed E-state index contributed by atoms with van der Waals surface area (Å²) in [5.74, 6) is 2.44. The molecule has 0 aliphatic heterocycles. The van der Waals surface area contributed by atoms with Gasteiger partial charge in [-0.1, -0.05) is 0 Å². The Kier molecular flexibility index (Phi) is 3.44. The molecule has 0 aliphatic carbocycles. The smallest absolute Gasteiger partial charge is 0.139 e. The summed E-state index contributed by atoms with van der Waals surface area (Å²) in [5, 5.41) is 8.68. The molecule has 2 aromatic rings. The van der Waals surface area contributed by atoms with Crippen LogP contribution in [0.25, 0.3) is 0 Å². The van der Waals surface area contributed by atoms with Gasteiger partial charge in [-0.15, -0.1) is 0 Å². The minimum absolute atomic E-state index is 0.294. The average molecular weight is 242 g/mol. The van der Waals surface area contributed by atoms with Gasteiger partial charge in [0.05, 0.1) is 6.07 Å². The largest absolute Gasteiger partial charge is 0.348 e. The Hall–Kier alpha value is -2.55. The number of aromatic nitrogens is 3. The van der Waals surface area contributed by atoms with Crippen LogP contribution in [0.4, 0.5) is 17.5 Å². The Morgan fingerprint density at radius 2 is 2.11 bits per heavy atom. The van der Waals surface area contributed by atoms with E-state index in [-0.39, 0.29) is 0 Å². The van der Waals surface area contributed by atoms with Crippen molar-refractivity contribution in [3.63, 3.8) is 0 Å². The van der Waals surface area contributed by atoms with Crippen molar-refractivity contribution in [3.8, 4) is 6.07 Å². The van der Waals surface area contributed by atoms with Crippen molar-refractivity contribution in [2.75, 3.05) is 30.4 Å². The van der Waals surface area contributed by atoms with Crippen LogP contribution in [0.3, 0.4) is 0 Å². The number of nitrogens with zero attached hydrogens (tertiary/aromatic N) is 5. The molecule has 0 spiro atoms. The Morgan fingerprint density at radius 3 is 2.78 bits per heavy atom. The summed E-state index contributed by atoms with van der Waals surface area (Å²) < 4.78 is 0. The maximum Gasteiger partial charge on any atom is 0.139 e. The van der Waals surface area contributed by atoms with Gasteiger partial charge in [0.25, 0.3) is 0 Å². The summed E-state index contributed by atoms with van der Waals surface area (Å²) in [4.78, 5) is 15.2. The van der Waals surface area contributed by atoms with Gasteiger partial charge < -0.3 is 14.8 Å². The lowest BCUT2D eigenvalue weighted by Gasteiger charge is -2.19. The van der Waals surface area contributed by atoms with E-state index in [0.717, 1.165) is 17.5 Å². The van der Waals surface area contributed by atoms with Crippen molar-refractivity contribution in [1.29, 1.82) is 5.26 Å². The van der Waals surface area contributed by atoms with Gasteiger partial charge >= 0.3 is 0 Å². The molecule has 0 amide bonds. The molecular weight excluding hydrogens is 228 g/mol. The summed E-state index contributed by atoms with van der Waals surface area (Å²) in [6, 6.07) is 7.82. The lowest BCUT2D eigenvalue weighted by molar-refractivity contribution is 0.968. The molecule has 0 fully saturated rings. The van der Waals surface area contributed by atoms with Crippen LogP contribution in [0, 0.1) is 11.3 Å². The van der Waals surface area contributed by atoms with Crippen LogP contribution < -0.4 is 9.80 Å². The number of nitrogens with one attached hydrogen (secondary N) is 1. The maximum atomic E-state index is 8.68. The van der Waals surface area contributed by atoms with E-state index in [0.29, 0.717) is 6.54 Å². The number of hydrogen-bond acceptors (Lipinski definition) is 5. The van der Waals surface area contributed by atoms with Crippen LogP contribution in [0.15, 0.2) is 30.7 Å². The normalized spacial score (nSPS) is 9.83. The number of hydrogen-bond donors (Lipinski definition) is 1. The second-order valence-corrected chi connectivity index (χ2v) is 3.86. The molecule has 18 heavy (non-hydrogen) atoms. The minimum atomic E-state index is 0.294. The summed E-state index contributed by atoms with van der Waals surface area (Å²) in [6.07, 6.45) is 3.35. The SMILES string of the molecule is CN(CC#N)c1cc(N(C)c2ccc[nH]2)ncn1. The molecule has 6 nitrogen and oxygen atoms in total. The highest BCUT2D eigenvalue weighted by atomic mass is 15.2. The standard InChI is InChI=1S/C12H14N6/c1-17(7-5-13)11-8-12(16-9-15-11)18(2)10-4-3-6-14-10/h3-4,6,8-9,14H,7H2,1-2H3. The second kappa shape index (κ2) is 5.19. The highest BCUT2D eigenvalue weighted by Crippen LogP contribution is 2.21. The molecule has 0 atom stereocenters. The first-order valence-electron chi connectivity index (χ1n) is 5.49. The molecule has 0 aromatic carbocycles. The van der Waals surface area contributed by atoms with Gasteiger partial charge in [0.15, 0.2) is 0 Å². The fourth-order valence-electron chi connectivity index (χ4n) is 1.57. The maximum absolute atomic E-state index is 8.68. The molecule has 0 saturated carbocycles. The van der Waals surface area contributed by atoms with Crippen molar-refractivity contribution >= 4 is 17.5 Å². The Morgan fingerprint density at radius 1 is 1.33 bits per heavy atom. The van der Waals surface area contributed by atoms with Crippen molar-refractivity contribution in [3.05, 3.63) is 30.7 Å². The van der Waals surface area contributed by atoms with Crippen LogP contribution in [0.5, 0.6) is 0 Å². The fraction of sp³-hybridized carbons (Fsp3) is 0.250. The molecule has 2 heterocycles. The van der Waals surface area contributed by atoms with Gasteiger partial charge in [0.2, 0.25) is 0 Å². The van der Waals surface area contributed by atoms with E-state index in [1.807, 2.05) is 43.4 Å². The third kappa shape index (κ3) is 2.40. The van der Waals surface area contributed by atoms with Crippen molar-refractivity contribution in [1.82, 2.24) is 15.0 Å². The first kappa shape index (κ1) is 11.9. The number of aromatic amines is 1. The quantitative estimate of drug-likeness (QED) is 0.823. The third-order valence-corrected chi connectivity index (χ3v) is 2.62. The zero-order chi connectivity index (χ0) is 13.0. The van der Waals surface area contributed by atoms with E-state index in [4.69, 9.17) is 5.26 Å². The molecule has 2 aromatic heterocycles. The molecule has 1 N–H and O–H groups in total. The van der Waals surface area contributed by atoms with E-state index in [1.54, 1.807) is 4.90 Å². The lowest BCUT2D eigenvalue weighted by Crippen LogP contribution is -2.19. The predicted molar refractivity (Wildman–Crippen MR) is 69.8 cm³/mol. The number of nitriles is 1. The number of rotatable bonds is 4. The van der Waals surface area contributed by atoms with Gasteiger partial charge in [0.1, 0.15) is 30.3 Å². The van der Waals surface area contributed by atoms with Crippen molar-refractivity contribution in [2.45, 2.75) is 0 Å². The molecular formula is C12H14N6. The Bertz CT molecular complexity index is 542. The molecule has 92 valence electrons. The van der Waals surface area contributed by atoms with E-state index in [9.17, 15) is 0 Å².